The Bertz CT molecular complexity index is 475. The van der Waals surface area contributed by atoms with Gasteiger partial charge in [0.2, 0.25) is 0 Å². The molecule has 0 bridgehead atoms. The van der Waals surface area contributed by atoms with Gasteiger partial charge < -0.3 is 15.2 Å². The average molecular weight is 250 g/mol. The van der Waals surface area contributed by atoms with E-state index in [0.29, 0.717) is 18.7 Å². The number of carbonyl (C=O) groups is 2. The third-order valence-electron chi connectivity index (χ3n) is 2.73. The molecule has 1 aliphatic rings. The van der Waals surface area contributed by atoms with E-state index in [4.69, 9.17) is 9.84 Å². The fourth-order valence-electron chi connectivity index (χ4n) is 1.83. The quantitative estimate of drug-likeness (QED) is 0.834. The molecular weight excluding hydrogens is 236 g/mol. The van der Waals surface area contributed by atoms with E-state index < -0.39 is 18.2 Å². The van der Waals surface area contributed by atoms with Crippen molar-refractivity contribution in [3.63, 3.8) is 0 Å². The SMILES string of the molecule is Cc1cccc(NC(=O)C2CCC(C(=O)O)O2)n1. The number of aryl methyl sites for hydroxylation is 1. The van der Waals surface area contributed by atoms with Gasteiger partial charge in [0.1, 0.15) is 11.9 Å². The highest BCUT2D eigenvalue weighted by atomic mass is 16.5. The van der Waals surface area contributed by atoms with Gasteiger partial charge in [0.05, 0.1) is 0 Å². The maximum Gasteiger partial charge on any atom is 0.332 e. The summed E-state index contributed by atoms with van der Waals surface area (Å²) in [4.78, 5) is 26.7. The number of aromatic nitrogens is 1. The summed E-state index contributed by atoms with van der Waals surface area (Å²) in [6, 6.07) is 5.28. The number of ether oxygens (including phenoxy) is 1. The summed E-state index contributed by atoms with van der Waals surface area (Å²) in [5.41, 5.74) is 0.795. The minimum absolute atomic E-state index is 0.350. The lowest BCUT2D eigenvalue weighted by molar-refractivity contribution is -0.150. The van der Waals surface area contributed by atoms with Crippen molar-refractivity contribution in [1.82, 2.24) is 4.98 Å². The predicted molar refractivity (Wildman–Crippen MR) is 63.1 cm³/mol. The van der Waals surface area contributed by atoms with E-state index >= 15 is 0 Å². The first-order valence-corrected chi connectivity index (χ1v) is 5.69. The molecule has 1 aromatic rings. The maximum atomic E-state index is 11.8. The molecule has 2 atom stereocenters. The minimum Gasteiger partial charge on any atom is -0.479 e. The van der Waals surface area contributed by atoms with Crippen molar-refractivity contribution in [2.45, 2.75) is 32.0 Å². The Balaban J connectivity index is 1.95. The Morgan fingerprint density at radius 3 is 2.72 bits per heavy atom. The highest BCUT2D eigenvalue weighted by molar-refractivity contribution is 5.94. The molecule has 1 aromatic heterocycles. The van der Waals surface area contributed by atoms with Crippen LogP contribution in [0.2, 0.25) is 0 Å². The zero-order chi connectivity index (χ0) is 13.1. The van der Waals surface area contributed by atoms with Crippen molar-refractivity contribution in [2.24, 2.45) is 0 Å². The molecule has 96 valence electrons. The Hall–Kier alpha value is -1.95. The van der Waals surface area contributed by atoms with E-state index in [1.54, 1.807) is 12.1 Å². The van der Waals surface area contributed by atoms with Crippen molar-refractivity contribution >= 4 is 17.7 Å². The van der Waals surface area contributed by atoms with Gasteiger partial charge >= 0.3 is 5.97 Å². The molecule has 0 spiro atoms. The smallest absolute Gasteiger partial charge is 0.332 e. The van der Waals surface area contributed by atoms with Crippen LogP contribution < -0.4 is 5.32 Å². The Morgan fingerprint density at radius 1 is 1.39 bits per heavy atom. The van der Waals surface area contributed by atoms with Crippen molar-refractivity contribution in [2.75, 3.05) is 5.32 Å². The van der Waals surface area contributed by atoms with E-state index in [-0.39, 0.29) is 5.91 Å². The van der Waals surface area contributed by atoms with Gasteiger partial charge in [0.15, 0.2) is 6.10 Å². The van der Waals surface area contributed by atoms with Gasteiger partial charge in [0.25, 0.3) is 5.91 Å². The van der Waals surface area contributed by atoms with Crippen LogP contribution in [0.4, 0.5) is 5.82 Å². The number of carboxylic acid groups (broad SMARTS) is 1. The zero-order valence-corrected chi connectivity index (χ0v) is 9.92. The molecule has 1 amide bonds. The summed E-state index contributed by atoms with van der Waals surface area (Å²) in [5.74, 6) is -0.932. The maximum absolute atomic E-state index is 11.8. The van der Waals surface area contributed by atoms with Gasteiger partial charge in [-0.05, 0) is 31.9 Å². The molecule has 1 aliphatic heterocycles. The number of aliphatic carboxylic acids is 1. The lowest BCUT2D eigenvalue weighted by atomic mass is 10.2. The number of nitrogens with zero attached hydrogens (tertiary/aromatic N) is 1. The molecule has 0 aliphatic carbocycles. The zero-order valence-electron chi connectivity index (χ0n) is 9.92. The first kappa shape index (κ1) is 12.5. The fourth-order valence-corrected chi connectivity index (χ4v) is 1.83. The standard InChI is InChI=1S/C12H14N2O4/c1-7-3-2-4-10(13-7)14-11(15)8-5-6-9(18-8)12(16)17/h2-4,8-9H,5-6H2,1H3,(H,16,17)(H,13,14,15). The van der Waals surface area contributed by atoms with Crippen molar-refractivity contribution < 1.29 is 19.4 Å². The van der Waals surface area contributed by atoms with E-state index in [2.05, 4.69) is 10.3 Å². The van der Waals surface area contributed by atoms with Crippen LogP contribution in [-0.4, -0.2) is 34.2 Å². The number of pyridine rings is 1. The van der Waals surface area contributed by atoms with E-state index in [0.717, 1.165) is 5.69 Å². The molecule has 1 saturated heterocycles. The highest BCUT2D eigenvalue weighted by Crippen LogP contribution is 2.21. The van der Waals surface area contributed by atoms with Gasteiger partial charge in [-0.1, -0.05) is 6.07 Å². The molecule has 0 aromatic carbocycles. The van der Waals surface area contributed by atoms with Crippen LogP contribution >= 0.6 is 0 Å². The van der Waals surface area contributed by atoms with Gasteiger partial charge in [0, 0.05) is 5.69 Å². The number of carboxylic acids is 1. The van der Waals surface area contributed by atoms with Crippen molar-refractivity contribution in [3.05, 3.63) is 23.9 Å². The highest BCUT2D eigenvalue weighted by Gasteiger charge is 2.34. The van der Waals surface area contributed by atoms with Gasteiger partial charge in [-0.15, -0.1) is 0 Å². The van der Waals surface area contributed by atoms with Crippen LogP contribution in [0, 0.1) is 6.92 Å². The lowest BCUT2D eigenvalue weighted by Gasteiger charge is -2.11. The third kappa shape index (κ3) is 2.84. The second kappa shape index (κ2) is 5.14. The Morgan fingerprint density at radius 2 is 2.11 bits per heavy atom. The Kier molecular flexibility index (Phi) is 3.57. The number of hydrogen-bond acceptors (Lipinski definition) is 4. The summed E-state index contributed by atoms with van der Waals surface area (Å²) in [6.07, 6.45) is -0.830. The number of rotatable bonds is 3. The second-order valence-corrected chi connectivity index (χ2v) is 4.18. The van der Waals surface area contributed by atoms with Gasteiger partial charge in [-0.2, -0.15) is 0 Å². The van der Waals surface area contributed by atoms with E-state index in [9.17, 15) is 9.59 Å². The third-order valence-corrected chi connectivity index (χ3v) is 2.73. The molecule has 2 N–H and O–H groups in total. The number of amides is 1. The molecule has 18 heavy (non-hydrogen) atoms. The first-order valence-electron chi connectivity index (χ1n) is 5.69. The number of hydrogen-bond donors (Lipinski definition) is 2. The molecular formula is C12H14N2O4. The van der Waals surface area contributed by atoms with E-state index in [1.165, 1.54) is 0 Å². The first-order chi connectivity index (χ1) is 8.56. The lowest BCUT2D eigenvalue weighted by Crippen LogP contribution is -2.30. The molecule has 6 heteroatoms. The van der Waals surface area contributed by atoms with Crippen LogP contribution in [0.3, 0.4) is 0 Å². The molecule has 6 nitrogen and oxygen atoms in total. The van der Waals surface area contributed by atoms with Crippen LogP contribution in [0.1, 0.15) is 18.5 Å². The average Bonchev–Trinajstić information content (AvgIpc) is 2.78. The summed E-state index contributed by atoms with van der Waals surface area (Å²) in [6.45, 7) is 1.82. The van der Waals surface area contributed by atoms with Gasteiger partial charge in [-0.3, -0.25) is 4.79 Å². The van der Waals surface area contributed by atoms with Crippen LogP contribution in [-0.2, 0) is 14.3 Å². The summed E-state index contributed by atoms with van der Waals surface area (Å²) >= 11 is 0. The number of anilines is 1. The largest absolute Gasteiger partial charge is 0.479 e. The normalized spacial score (nSPS) is 22.7. The molecule has 2 unspecified atom stereocenters. The van der Waals surface area contributed by atoms with Crippen LogP contribution in [0.15, 0.2) is 18.2 Å². The predicted octanol–water partition coefficient (Wildman–Crippen LogP) is 0.961. The van der Waals surface area contributed by atoms with Crippen molar-refractivity contribution in [3.8, 4) is 0 Å². The molecule has 2 rings (SSSR count). The second-order valence-electron chi connectivity index (χ2n) is 4.18. The molecule has 0 saturated carbocycles. The van der Waals surface area contributed by atoms with Crippen molar-refractivity contribution in [1.29, 1.82) is 0 Å². The fraction of sp³-hybridized carbons (Fsp3) is 0.417. The molecule has 2 heterocycles. The number of carbonyl (C=O) groups excluding carboxylic acids is 1. The van der Waals surface area contributed by atoms with E-state index in [1.807, 2.05) is 13.0 Å². The van der Waals surface area contributed by atoms with Crippen LogP contribution in [0.5, 0.6) is 0 Å². The molecule has 0 radical (unpaired) electrons. The summed E-state index contributed by atoms with van der Waals surface area (Å²) in [7, 11) is 0. The van der Waals surface area contributed by atoms with Gasteiger partial charge in [-0.25, -0.2) is 9.78 Å². The monoisotopic (exact) mass is 250 g/mol. The summed E-state index contributed by atoms with van der Waals surface area (Å²) < 4.78 is 5.15. The topological polar surface area (TPSA) is 88.5 Å². The van der Waals surface area contributed by atoms with Crippen LogP contribution in [0.25, 0.3) is 0 Å². The number of nitrogens with one attached hydrogen (secondary N) is 1. The minimum atomic E-state index is -1.03. The summed E-state index contributed by atoms with van der Waals surface area (Å²) in [5, 5.41) is 11.4. The Labute approximate surface area is 104 Å². The molecule has 1 fully saturated rings.